The van der Waals surface area contributed by atoms with Crippen LogP contribution in [-0.2, 0) is 4.79 Å². The van der Waals surface area contributed by atoms with E-state index < -0.39 is 0 Å². The number of hydrogen-bond acceptors (Lipinski definition) is 3. The molecule has 2 fully saturated rings. The highest BCUT2D eigenvalue weighted by molar-refractivity contribution is 5.96. The normalized spacial score (nSPS) is 21.0. The fraction of sp³-hybridized carbons (Fsp3) is 0.579. The van der Waals surface area contributed by atoms with E-state index in [2.05, 4.69) is 10.6 Å². The van der Waals surface area contributed by atoms with E-state index in [1.807, 2.05) is 29.2 Å². The molecule has 2 N–H and O–H groups in total. The Labute approximate surface area is 155 Å². The second kappa shape index (κ2) is 9.78. The van der Waals surface area contributed by atoms with Gasteiger partial charge in [-0.2, -0.15) is 0 Å². The molecule has 3 rings (SSSR count). The number of carbonyl (C=O) groups is 2. The van der Waals surface area contributed by atoms with Crippen molar-refractivity contribution in [2.24, 2.45) is 5.92 Å². The molecule has 2 saturated heterocycles. The summed E-state index contributed by atoms with van der Waals surface area (Å²) >= 11 is 0. The van der Waals surface area contributed by atoms with Crippen LogP contribution < -0.4 is 10.6 Å². The largest absolute Gasteiger partial charge is 0.339 e. The van der Waals surface area contributed by atoms with Crippen molar-refractivity contribution in [3.63, 3.8) is 0 Å². The predicted molar refractivity (Wildman–Crippen MR) is 102 cm³/mol. The summed E-state index contributed by atoms with van der Waals surface area (Å²) in [6.45, 7) is 3.45. The summed E-state index contributed by atoms with van der Waals surface area (Å²) in [6.07, 6.45) is 6.59. The number of benzene rings is 1. The van der Waals surface area contributed by atoms with E-state index in [1.54, 1.807) is 0 Å². The van der Waals surface area contributed by atoms with Gasteiger partial charge in [0, 0.05) is 30.9 Å². The highest BCUT2D eigenvalue weighted by atomic mass is 35.5. The van der Waals surface area contributed by atoms with Crippen LogP contribution >= 0.6 is 12.4 Å². The zero-order chi connectivity index (χ0) is 16.8. The fourth-order valence-electron chi connectivity index (χ4n) is 3.47. The highest BCUT2D eigenvalue weighted by Gasteiger charge is 2.21. The van der Waals surface area contributed by atoms with Crippen LogP contribution in [0.5, 0.6) is 0 Å². The zero-order valence-electron chi connectivity index (χ0n) is 14.6. The predicted octanol–water partition coefficient (Wildman–Crippen LogP) is 3.06. The summed E-state index contributed by atoms with van der Waals surface area (Å²) in [5.74, 6) is 0.206. The standard InChI is InChI=1S/C19H27N3O2.ClH/c23-18(16-6-5-11-20-14-16)21-17-9-7-15(8-10-17)19(24)22-12-3-1-2-4-13-22;/h7-10,16,20H,1-6,11-14H2,(H,21,23);1H. The van der Waals surface area contributed by atoms with Gasteiger partial charge >= 0.3 is 0 Å². The number of carbonyl (C=O) groups excluding carboxylic acids is 2. The molecule has 0 aromatic heterocycles. The monoisotopic (exact) mass is 365 g/mol. The number of likely N-dealkylation sites (tertiary alicyclic amines) is 1. The van der Waals surface area contributed by atoms with Gasteiger partial charge in [-0.15, -0.1) is 12.4 Å². The molecule has 5 nitrogen and oxygen atoms in total. The maximum Gasteiger partial charge on any atom is 0.253 e. The molecule has 1 unspecified atom stereocenters. The molecule has 1 aromatic rings. The van der Waals surface area contributed by atoms with E-state index in [0.717, 1.165) is 57.5 Å². The Kier molecular flexibility index (Phi) is 7.72. The summed E-state index contributed by atoms with van der Waals surface area (Å²) in [5, 5.41) is 6.22. The molecule has 1 aromatic carbocycles. The third-order valence-corrected chi connectivity index (χ3v) is 4.96. The molecule has 0 spiro atoms. The minimum absolute atomic E-state index is 0. The smallest absolute Gasteiger partial charge is 0.253 e. The minimum Gasteiger partial charge on any atom is -0.339 e. The average Bonchev–Trinajstić information content (AvgIpc) is 2.92. The molecule has 2 amide bonds. The second-order valence-electron chi connectivity index (χ2n) is 6.82. The van der Waals surface area contributed by atoms with Crippen molar-refractivity contribution in [3.05, 3.63) is 29.8 Å². The molecule has 2 aliphatic rings. The highest BCUT2D eigenvalue weighted by Crippen LogP contribution is 2.17. The molecule has 25 heavy (non-hydrogen) atoms. The first-order valence-electron chi connectivity index (χ1n) is 9.15. The zero-order valence-corrected chi connectivity index (χ0v) is 15.4. The molecule has 2 heterocycles. The number of nitrogens with one attached hydrogen (secondary N) is 2. The van der Waals surface area contributed by atoms with Crippen LogP contribution in [0.1, 0.15) is 48.9 Å². The van der Waals surface area contributed by atoms with E-state index in [1.165, 1.54) is 12.8 Å². The summed E-state index contributed by atoms with van der Waals surface area (Å²) < 4.78 is 0. The fourth-order valence-corrected chi connectivity index (χ4v) is 3.47. The lowest BCUT2D eigenvalue weighted by Crippen LogP contribution is -2.37. The van der Waals surface area contributed by atoms with Gasteiger partial charge in [0.05, 0.1) is 5.92 Å². The third-order valence-electron chi connectivity index (χ3n) is 4.96. The Morgan fingerprint density at radius 3 is 2.28 bits per heavy atom. The van der Waals surface area contributed by atoms with E-state index in [9.17, 15) is 9.59 Å². The summed E-state index contributed by atoms with van der Waals surface area (Å²) in [7, 11) is 0. The lowest BCUT2D eigenvalue weighted by molar-refractivity contribution is -0.120. The van der Waals surface area contributed by atoms with Crippen molar-refractivity contribution in [2.75, 3.05) is 31.5 Å². The van der Waals surface area contributed by atoms with Gasteiger partial charge < -0.3 is 15.5 Å². The van der Waals surface area contributed by atoms with Gasteiger partial charge in [-0.1, -0.05) is 12.8 Å². The van der Waals surface area contributed by atoms with Crippen LogP contribution in [0.15, 0.2) is 24.3 Å². The molecule has 0 bridgehead atoms. The number of anilines is 1. The number of rotatable bonds is 3. The van der Waals surface area contributed by atoms with Gasteiger partial charge in [0.2, 0.25) is 5.91 Å². The molecular weight excluding hydrogens is 338 g/mol. The number of amides is 2. The van der Waals surface area contributed by atoms with Gasteiger partial charge in [0.15, 0.2) is 0 Å². The number of nitrogens with zero attached hydrogens (tertiary/aromatic N) is 1. The lowest BCUT2D eigenvalue weighted by atomic mass is 9.99. The van der Waals surface area contributed by atoms with Gasteiger partial charge in [-0.25, -0.2) is 0 Å². The first-order valence-corrected chi connectivity index (χ1v) is 9.15. The molecule has 6 heteroatoms. The molecule has 0 radical (unpaired) electrons. The van der Waals surface area contributed by atoms with Crippen molar-refractivity contribution in [1.82, 2.24) is 10.2 Å². The Morgan fingerprint density at radius 2 is 1.68 bits per heavy atom. The number of hydrogen-bond donors (Lipinski definition) is 2. The Hall–Kier alpha value is -1.59. The quantitative estimate of drug-likeness (QED) is 0.865. The minimum atomic E-state index is 0. The molecule has 0 saturated carbocycles. The first-order chi connectivity index (χ1) is 11.7. The van der Waals surface area contributed by atoms with Crippen LogP contribution in [0.4, 0.5) is 5.69 Å². The maximum absolute atomic E-state index is 12.6. The number of halogens is 1. The van der Waals surface area contributed by atoms with E-state index >= 15 is 0 Å². The molecule has 1 atom stereocenters. The van der Waals surface area contributed by atoms with Gasteiger partial charge in [0.25, 0.3) is 5.91 Å². The Bertz CT molecular complexity index is 563. The van der Waals surface area contributed by atoms with Gasteiger partial charge in [-0.3, -0.25) is 9.59 Å². The van der Waals surface area contributed by atoms with E-state index in [0.29, 0.717) is 5.56 Å². The Balaban J connectivity index is 0.00000225. The van der Waals surface area contributed by atoms with Crippen molar-refractivity contribution >= 4 is 29.9 Å². The topological polar surface area (TPSA) is 61.4 Å². The maximum atomic E-state index is 12.6. The van der Waals surface area contributed by atoms with Gasteiger partial charge in [0.1, 0.15) is 0 Å². The van der Waals surface area contributed by atoms with Crippen LogP contribution in [0.25, 0.3) is 0 Å². The van der Waals surface area contributed by atoms with Crippen LogP contribution in [0.3, 0.4) is 0 Å². The lowest BCUT2D eigenvalue weighted by Gasteiger charge is -2.22. The summed E-state index contributed by atoms with van der Waals surface area (Å²) in [6, 6.07) is 7.31. The van der Waals surface area contributed by atoms with Crippen LogP contribution in [0.2, 0.25) is 0 Å². The average molecular weight is 366 g/mol. The molecular formula is C19H28ClN3O2. The Morgan fingerprint density at radius 1 is 1.00 bits per heavy atom. The van der Waals surface area contributed by atoms with Crippen molar-refractivity contribution in [1.29, 1.82) is 0 Å². The molecule has 138 valence electrons. The van der Waals surface area contributed by atoms with E-state index in [4.69, 9.17) is 0 Å². The first kappa shape index (κ1) is 19.7. The summed E-state index contributed by atoms with van der Waals surface area (Å²) in [5.41, 5.74) is 1.47. The van der Waals surface area contributed by atoms with Crippen molar-refractivity contribution in [3.8, 4) is 0 Å². The van der Waals surface area contributed by atoms with E-state index in [-0.39, 0.29) is 30.1 Å². The second-order valence-corrected chi connectivity index (χ2v) is 6.82. The molecule has 2 aliphatic heterocycles. The third kappa shape index (κ3) is 5.44. The number of piperidine rings is 1. The van der Waals surface area contributed by atoms with Crippen LogP contribution in [-0.4, -0.2) is 42.9 Å². The summed E-state index contributed by atoms with van der Waals surface area (Å²) in [4.78, 5) is 26.8. The SMILES string of the molecule is Cl.O=C(Nc1ccc(C(=O)N2CCCCCC2)cc1)C1CCCNC1. The van der Waals surface area contributed by atoms with Crippen molar-refractivity contribution < 1.29 is 9.59 Å². The van der Waals surface area contributed by atoms with Gasteiger partial charge in [-0.05, 0) is 56.5 Å². The van der Waals surface area contributed by atoms with Crippen LogP contribution in [0, 0.1) is 5.92 Å². The molecule has 0 aliphatic carbocycles. The van der Waals surface area contributed by atoms with Crippen molar-refractivity contribution in [2.45, 2.75) is 38.5 Å².